The molecule has 3 aliphatic rings. The first-order chi connectivity index (χ1) is 15.3. The smallest absolute Gasteiger partial charge is 0.308 e. The minimum Gasteiger partial charge on any atom is -0.481 e. The summed E-state index contributed by atoms with van der Waals surface area (Å²) in [5.41, 5.74) is 1.94. The summed E-state index contributed by atoms with van der Waals surface area (Å²) >= 11 is 0. The fourth-order valence-electron chi connectivity index (χ4n) is 5.09. The van der Waals surface area contributed by atoms with E-state index >= 15 is 0 Å². The van der Waals surface area contributed by atoms with Crippen molar-refractivity contribution in [1.29, 1.82) is 0 Å². The Hall–Kier alpha value is -2.90. The molecule has 172 valence electrons. The molecule has 3 heterocycles. The molecular formula is C24H31N3O5. The summed E-state index contributed by atoms with van der Waals surface area (Å²) < 4.78 is 0. The van der Waals surface area contributed by atoms with Gasteiger partial charge >= 0.3 is 5.97 Å². The Balaban J connectivity index is 1.30. The van der Waals surface area contributed by atoms with Crippen LogP contribution in [0.25, 0.3) is 0 Å². The van der Waals surface area contributed by atoms with E-state index in [1.807, 2.05) is 31.2 Å². The highest BCUT2D eigenvalue weighted by atomic mass is 16.4. The summed E-state index contributed by atoms with van der Waals surface area (Å²) in [6, 6.07) is 7.74. The number of carbonyl (C=O) groups is 4. The molecule has 3 amide bonds. The van der Waals surface area contributed by atoms with Gasteiger partial charge in [-0.05, 0) is 44.7 Å². The Morgan fingerprint density at radius 2 is 1.50 bits per heavy atom. The quantitative estimate of drug-likeness (QED) is 0.770. The van der Waals surface area contributed by atoms with Crippen LogP contribution in [0.15, 0.2) is 24.3 Å². The van der Waals surface area contributed by atoms with Crippen LogP contribution in [0, 0.1) is 24.7 Å². The average molecular weight is 442 g/mol. The molecule has 0 spiro atoms. The van der Waals surface area contributed by atoms with Gasteiger partial charge in [-0.25, -0.2) is 0 Å². The monoisotopic (exact) mass is 441 g/mol. The first kappa shape index (κ1) is 22.3. The van der Waals surface area contributed by atoms with E-state index in [2.05, 4.69) is 0 Å². The molecule has 3 fully saturated rings. The highest BCUT2D eigenvalue weighted by molar-refractivity contribution is 6.00. The SMILES string of the molecule is Cc1ccc(N2C[C@H](C(=O)N3CCC(C(=O)N4CCC[C@H](C(=O)O)C4)CC3)CC2=O)cc1. The van der Waals surface area contributed by atoms with Gasteiger partial charge in [0.2, 0.25) is 17.7 Å². The summed E-state index contributed by atoms with van der Waals surface area (Å²) in [6.45, 7) is 4.28. The Morgan fingerprint density at radius 1 is 0.844 bits per heavy atom. The van der Waals surface area contributed by atoms with E-state index in [9.17, 15) is 24.3 Å². The van der Waals surface area contributed by atoms with Crippen LogP contribution < -0.4 is 4.90 Å². The topological polar surface area (TPSA) is 98.2 Å². The summed E-state index contributed by atoms with van der Waals surface area (Å²) in [7, 11) is 0. The Bertz CT molecular complexity index is 891. The lowest BCUT2D eigenvalue weighted by Gasteiger charge is -2.37. The Labute approximate surface area is 188 Å². The third kappa shape index (κ3) is 4.64. The van der Waals surface area contributed by atoms with Crippen molar-refractivity contribution in [3.8, 4) is 0 Å². The van der Waals surface area contributed by atoms with Crippen LogP contribution in [0.2, 0.25) is 0 Å². The molecule has 0 saturated carbocycles. The molecule has 3 aliphatic heterocycles. The number of nitrogens with zero attached hydrogens (tertiary/aromatic N) is 3. The van der Waals surface area contributed by atoms with Gasteiger partial charge in [0, 0.05) is 50.7 Å². The van der Waals surface area contributed by atoms with Crippen molar-refractivity contribution >= 4 is 29.4 Å². The van der Waals surface area contributed by atoms with Crippen molar-refractivity contribution in [3.05, 3.63) is 29.8 Å². The third-order valence-corrected chi connectivity index (χ3v) is 7.06. The minimum absolute atomic E-state index is 0.0113. The number of likely N-dealkylation sites (tertiary alicyclic amines) is 2. The van der Waals surface area contributed by atoms with Crippen LogP contribution in [-0.2, 0) is 19.2 Å². The summed E-state index contributed by atoms with van der Waals surface area (Å²) in [5, 5.41) is 9.26. The number of carboxylic acid groups (broad SMARTS) is 1. The molecule has 0 unspecified atom stereocenters. The van der Waals surface area contributed by atoms with Crippen molar-refractivity contribution in [2.75, 3.05) is 37.6 Å². The molecule has 0 aliphatic carbocycles. The van der Waals surface area contributed by atoms with Crippen molar-refractivity contribution in [1.82, 2.24) is 9.80 Å². The molecule has 8 nitrogen and oxygen atoms in total. The lowest BCUT2D eigenvalue weighted by atomic mass is 9.91. The standard InChI is InChI=1S/C24H31N3O5/c1-16-4-6-20(7-5-16)27-15-19(13-21(27)28)23(30)25-11-8-17(9-12-25)22(29)26-10-2-3-18(14-26)24(31)32/h4-7,17-19H,2-3,8-15H2,1H3,(H,31,32)/t18-,19+/m0/s1. The van der Waals surface area contributed by atoms with E-state index in [-0.39, 0.29) is 42.5 Å². The summed E-state index contributed by atoms with van der Waals surface area (Å²) in [6.07, 6.45) is 2.72. The first-order valence-corrected chi connectivity index (χ1v) is 11.5. The number of amides is 3. The number of carbonyl (C=O) groups excluding carboxylic acids is 3. The van der Waals surface area contributed by atoms with Gasteiger partial charge in [0.25, 0.3) is 0 Å². The highest BCUT2D eigenvalue weighted by Gasteiger charge is 2.39. The molecule has 0 radical (unpaired) electrons. The van der Waals surface area contributed by atoms with Crippen molar-refractivity contribution in [3.63, 3.8) is 0 Å². The van der Waals surface area contributed by atoms with E-state index in [0.717, 1.165) is 11.3 Å². The zero-order chi connectivity index (χ0) is 22.8. The lowest BCUT2D eigenvalue weighted by Crippen LogP contribution is -2.49. The zero-order valence-corrected chi connectivity index (χ0v) is 18.5. The zero-order valence-electron chi connectivity index (χ0n) is 18.5. The van der Waals surface area contributed by atoms with E-state index < -0.39 is 11.9 Å². The largest absolute Gasteiger partial charge is 0.481 e. The number of hydrogen-bond acceptors (Lipinski definition) is 4. The maximum atomic E-state index is 13.1. The van der Waals surface area contributed by atoms with Crippen molar-refractivity contribution in [2.24, 2.45) is 17.8 Å². The Morgan fingerprint density at radius 3 is 2.16 bits per heavy atom. The average Bonchev–Trinajstić information content (AvgIpc) is 3.20. The molecular weight excluding hydrogens is 410 g/mol. The molecule has 2 atom stereocenters. The summed E-state index contributed by atoms with van der Waals surface area (Å²) in [4.78, 5) is 54.9. The number of carboxylic acids is 1. The summed E-state index contributed by atoms with van der Waals surface area (Å²) in [5.74, 6) is -1.86. The molecule has 1 N–H and O–H groups in total. The van der Waals surface area contributed by atoms with Crippen LogP contribution in [0.4, 0.5) is 5.69 Å². The van der Waals surface area contributed by atoms with Gasteiger partial charge in [0.05, 0.1) is 11.8 Å². The fourth-order valence-corrected chi connectivity index (χ4v) is 5.09. The second kappa shape index (κ2) is 9.30. The number of hydrogen-bond donors (Lipinski definition) is 1. The van der Waals surface area contributed by atoms with Crippen LogP contribution >= 0.6 is 0 Å². The molecule has 4 rings (SSSR count). The fraction of sp³-hybridized carbons (Fsp3) is 0.583. The van der Waals surface area contributed by atoms with Gasteiger partial charge in [-0.15, -0.1) is 0 Å². The van der Waals surface area contributed by atoms with Crippen LogP contribution in [0.5, 0.6) is 0 Å². The van der Waals surface area contributed by atoms with E-state index in [1.54, 1.807) is 14.7 Å². The lowest BCUT2D eigenvalue weighted by molar-refractivity contribution is -0.148. The molecule has 1 aromatic rings. The first-order valence-electron chi connectivity index (χ1n) is 11.5. The number of piperidine rings is 2. The number of aryl methyl sites for hydroxylation is 1. The second-order valence-corrected chi connectivity index (χ2v) is 9.30. The van der Waals surface area contributed by atoms with Crippen LogP contribution in [0.3, 0.4) is 0 Å². The van der Waals surface area contributed by atoms with Gasteiger partial charge < -0.3 is 19.8 Å². The van der Waals surface area contributed by atoms with Crippen LogP contribution in [-0.4, -0.2) is 71.3 Å². The van der Waals surface area contributed by atoms with E-state index in [4.69, 9.17) is 0 Å². The maximum Gasteiger partial charge on any atom is 0.308 e. The molecule has 0 aromatic heterocycles. The molecule has 32 heavy (non-hydrogen) atoms. The van der Waals surface area contributed by atoms with E-state index in [1.165, 1.54) is 0 Å². The Kier molecular flexibility index (Phi) is 6.48. The van der Waals surface area contributed by atoms with Crippen molar-refractivity contribution in [2.45, 2.75) is 39.0 Å². The maximum absolute atomic E-state index is 13.1. The highest BCUT2D eigenvalue weighted by Crippen LogP contribution is 2.29. The van der Waals surface area contributed by atoms with Gasteiger partial charge in [-0.3, -0.25) is 19.2 Å². The van der Waals surface area contributed by atoms with Gasteiger partial charge in [-0.2, -0.15) is 0 Å². The number of benzene rings is 1. The number of anilines is 1. The predicted molar refractivity (Wildman–Crippen MR) is 118 cm³/mol. The normalized spacial score (nSPS) is 24.7. The molecule has 8 heteroatoms. The third-order valence-electron chi connectivity index (χ3n) is 7.06. The van der Waals surface area contributed by atoms with Crippen molar-refractivity contribution < 1.29 is 24.3 Å². The number of rotatable bonds is 4. The number of aliphatic carboxylic acids is 1. The van der Waals surface area contributed by atoms with Crippen LogP contribution in [0.1, 0.15) is 37.7 Å². The predicted octanol–water partition coefficient (Wildman–Crippen LogP) is 1.91. The molecule has 3 saturated heterocycles. The second-order valence-electron chi connectivity index (χ2n) is 9.30. The van der Waals surface area contributed by atoms with Gasteiger partial charge in [0.1, 0.15) is 0 Å². The van der Waals surface area contributed by atoms with Gasteiger partial charge in [0.15, 0.2) is 0 Å². The van der Waals surface area contributed by atoms with E-state index in [0.29, 0.717) is 51.9 Å². The minimum atomic E-state index is -0.839. The molecule has 0 bridgehead atoms. The molecule has 1 aromatic carbocycles. The van der Waals surface area contributed by atoms with Gasteiger partial charge in [-0.1, -0.05) is 17.7 Å².